The van der Waals surface area contributed by atoms with Crippen molar-refractivity contribution in [1.82, 2.24) is 9.78 Å². The number of sulfonamides is 1. The van der Waals surface area contributed by atoms with Crippen LogP contribution >= 0.6 is 0 Å². The summed E-state index contributed by atoms with van der Waals surface area (Å²) in [6, 6.07) is 16.6. The largest absolute Gasteiger partial charge is 0.312 e. The molecule has 0 saturated carbocycles. The van der Waals surface area contributed by atoms with Gasteiger partial charge >= 0.3 is 0 Å². The zero-order valence-corrected chi connectivity index (χ0v) is 16.9. The summed E-state index contributed by atoms with van der Waals surface area (Å²) in [5, 5.41) is 4.20. The van der Waals surface area contributed by atoms with Crippen LogP contribution in [-0.4, -0.2) is 36.9 Å². The summed E-state index contributed by atoms with van der Waals surface area (Å²) in [5.41, 5.74) is 3.04. The summed E-state index contributed by atoms with van der Waals surface area (Å²) in [5.74, 6) is 0.131. The van der Waals surface area contributed by atoms with Crippen molar-refractivity contribution in [2.75, 3.05) is 22.0 Å². The number of nitrogens with zero attached hydrogens (tertiary/aromatic N) is 4. The Morgan fingerprint density at radius 1 is 1.07 bits per heavy atom. The lowest BCUT2D eigenvalue weighted by molar-refractivity contribution is -0.117. The standard InChI is InChI=1S/C21H22N4O3S/c1-29(27,28)25(20-6-2-5-19(15-20)24-14-4-12-22-24)16-17-8-10-18(11-9-17)23-13-3-7-21(23)26/h2,4-6,8-12,14-15H,3,7,13,16H2,1H3. The van der Waals surface area contributed by atoms with E-state index in [1.54, 1.807) is 27.9 Å². The van der Waals surface area contributed by atoms with Crippen molar-refractivity contribution >= 4 is 27.3 Å². The van der Waals surface area contributed by atoms with Crippen LogP contribution in [0.5, 0.6) is 0 Å². The first-order valence-corrected chi connectivity index (χ1v) is 11.2. The van der Waals surface area contributed by atoms with Gasteiger partial charge in [-0.2, -0.15) is 5.10 Å². The average Bonchev–Trinajstić information content (AvgIpc) is 3.38. The predicted molar refractivity (Wildman–Crippen MR) is 113 cm³/mol. The number of hydrogen-bond donors (Lipinski definition) is 0. The van der Waals surface area contributed by atoms with Gasteiger partial charge in [-0.05, 0) is 48.4 Å². The molecule has 0 unspecified atom stereocenters. The molecule has 8 heteroatoms. The highest BCUT2D eigenvalue weighted by molar-refractivity contribution is 7.92. The lowest BCUT2D eigenvalue weighted by Crippen LogP contribution is -2.29. The average molecular weight is 410 g/mol. The van der Waals surface area contributed by atoms with Crippen LogP contribution in [0.1, 0.15) is 18.4 Å². The summed E-state index contributed by atoms with van der Waals surface area (Å²) in [6.07, 6.45) is 6.13. The highest BCUT2D eigenvalue weighted by Gasteiger charge is 2.22. The Balaban J connectivity index is 1.60. The third kappa shape index (κ3) is 4.17. The first kappa shape index (κ1) is 19.2. The van der Waals surface area contributed by atoms with Gasteiger partial charge in [-0.3, -0.25) is 9.10 Å². The van der Waals surface area contributed by atoms with E-state index in [9.17, 15) is 13.2 Å². The van der Waals surface area contributed by atoms with Crippen LogP contribution in [0.25, 0.3) is 5.69 Å². The van der Waals surface area contributed by atoms with Gasteiger partial charge in [0.25, 0.3) is 0 Å². The van der Waals surface area contributed by atoms with Gasteiger partial charge in [-0.25, -0.2) is 13.1 Å². The van der Waals surface area contributed by atoms with Gasteiger partial charge < -0.3 is 4.90 Å². The van der Waals surface area contributed by atoms with Crippen LogP contribution in [0.4, 0.5) is 11.4 Å². The molecule has 0 radical (unpaired) electrons. The molecular formula is C21H22N4O3S. The molecule has 29 heavy (non-hydrogen) atoms. The van der Waals surface area contributed by atoms with Gasteiger partial charge in [-0.15, -0.1) is 0 Å². The second-order valence-electron chi connectivity index (χ2n) is 7.06. The van der Waals surface area contributed by atoms with E-state index in [4.69, 9.17) is 0 Å². The van der Waals surface area contributed by atoms with Crippen molar-refractivity contribution in [2.24, 2.45) is 0 Å². The van der Waals surface area contributed by atoms with Crippen LogP contribution < -0.4 is 9.21 Å². The molecular weight excluding hydrogens is 388 g/mol. The smallest absolute Gasteiger partial charge is 0.232 e. The number of carbonyl (C=O) groups is 1. The second-order valence-corrected chi connectivity index (χ2v) is 8.96. The molecule has 1 aliphatic rings. The maximum Gasteiger partial charge on any atom is 0.232 e. The molecule has 1 aromatic heterocycles. The first-order valence-electron chi connectivity index (χ1n) is 9.39. The molecule has 4 rings (SSSR count). The quantitative estimate of drug-likeness (QED) is 0.626. The number of hydrogen-bond acceptors (Lipinski definition) is 4. The Hall–Kier alpha value is -3.13. The SMILES string of the molecule is CS(=O)(=O)N(Cc1ccc(N2CCCC2=O)cc1)c1cccc(-n2cccn2)c1. The summed E-state index contributed by atoms with van der Waals surface area (Å²) in [7, 11) is -3.50. The summed E-state index contributed by atoms with van der Waals surface area (Å²) in [6.45, 7) is 0.934. The molecule has 3 aromatic rings. The fraction of sp³-hybridized carbons (Fsp3) is 0.238. The third-order valence-corrected chi connectivity index (χ3v) is 6.08. The molecule has 0 atom stereocenters. The topological polar surface area (TPSA) is 75.5 Å². The lowest BCUT2D eigenvalue weighted by atomic mass is 10.2. The predicted octanol–water partition coefficient (Wildman–Crippen LogP) is 2.97. The number of benzene rings is 2. The monoisotopic (exact) mass is 410 g/mol. The minimum absolute atomic E-state index is 0.131. The van der Waals surface area contributed by atoms with Gasteiger partial charge in [0.2, 0.25) is 15.9 Å². The number of carbonyl (C=O) groups excluding carboxylic acids is 1. The molecule has 0 spiro atoms. The van der Waals surface area contributed by atoms with Gasteiger partial charge in [-0.1, -0.05) is 18.2 Å². The van der Waals surface area contributed by atoms with Crippen molar-refractivity contribution in [2.45, 2.75) is 19.4 Å². The number of amides is 1. The highest BCUT2D eigenvalue weighted by Crippen LogP contribution is 2.25. The van der Waals surface area contributed by atoms with Crippen molar-refractivity contribution in [3.8, 4) is 5.69 Å². The van der Waals surface area contributed by atoms with E-state index < -0.39 is 10.0 Å². The van der Waals surface area contributed by atoms with Crippen molar-refractivity contribution in [3.05, 3.63) is 72.6 Å². The molecule has 1 saturated heterocycles. The summed E-state index contributed by atoms with van der Waals surface area (Å²) in [4.78, 5) is 13.7. The van der Waals surface area contributed by atoms with E-state index >= 15 is 0 Å². The summed E-state index contributed by atoms with van der Waals surface area (Å²) < 4.78 is 28.1. The van der Waals surface area contributed by atoms with Crippen LogP contribution in [0.3, 0.4) is 0 Å². The number of rotatable bonds is 6. The summed E-state index contributed by atoms with van der Waals surface area (Å²) >= 11 is 0. The maximum atomic E-state index is 12.5. The van der Waals surface area contributed by atoms with E-state index in [2.05, 4.69) is 5.10 Å². The normalized spacial score (nSPS) is 14.4. The van der Waals surface area contributed by atoms with Gasteiger partial charge in [0.05, 0.1) is 24.2 Å². The Morgan fingerprint density at radius 2 is 1.86 bits per heavy atom. The van der Waals surface area contributed by atoms with E-state index in [-0.39, 0.29) is 12.5 Å². The lowest BCUT2D eigenvalue weighted by Gasteiger charge is -2.23. The zero-order chi connectivity index (χ0) is 20.4. The fourth-order valence-electron chi connectivity index (χ4n) is 3.48. The van der Waals surface area contributed by atoms with Gasteiger partial charge in [0.15, 0.2) is 0 Å². The van der Waals surface area contributed by atoms with Crippen LogP contribution in [-0.2, 0) is 21.4 Å². The number of anilines is 2. The van der Waals surface area contributed by atoms with Crippen LogP contribution in [0.15, 0.2) is 67.0 Å². The molecule has 150 valence electrons. The minimum atomic E-state index is -3.50. The van der Waals surface area contributed by atoms with E-state index in [0.29, 0.717) is 12.1 Å². The van der Waals surface area contributed by atoms with E-state index in [1.807, 2.05) is 48.7 Å². The Kier molecular flexibility index (Phi) is 5.10. The molecule has 0 N–H and O–H groups in total. The van der Waals surface area contributed by atoms with E-state index in [1.165, 1.54) is 10.6 Å². The molecule has 1 aliphatic heterocycles. The van der Waals surface area contributed by atoms with Crippen LogP contribution in [0, 0.1) is 0 Å². The Labute approximate surface area is 170 Å². The maximum absolute atomic E-state index is 12.5. The highest BCUT2D eigenvalue weighted by atomic mass is 32.2. The Morgan fingerprint density at radius 3 is 2.48 bits per heavy atom. The zero-order valence-electron chi connectivity index (χ0n) is 16.1. The molecule has 0 aliphatic carbocycles. The molecule has 1 amide bonds. The molecule has 2 heterocycles. The first-order chi connectivity index (χ1) is 13.9. The molecule has 0 bridgehead atoms. The van der Waals surface area contributed by atoms with Gasteiger partial charge in [0.1, 0.15) is 0 Å². The van der Waals surface area contributed by atoms with Crippen molar-refractivity contribution < 1.29 is 13.2 Å². The minimum Gasteiger partial charge on any atom is -0.312 e. The number of aromatic nitrogens is 2. The Bertz CT molecular complexity index is 1110. The fourth-order valence-corrected chi connectivity index (χ4v) is 4.36. The van der Waals surface area contributed by atoms with Crippen molar-refractivity contribution in [3.63, 3.8) is 0 Å². The van der Waals surface area contributed by atoms with Gasteiger partial charge in [0, 0.05) is 31.0 Å². The second kappa shape index (κ2) is 7.71. The van der Waals surface area contributed by atoms with E-state index in [0.717, 1.165) is 29.9 Å². The molecule has 2 aromatic carbocycles. The molecule has 7 nitrogen and oxygen atoms in total. The third-order valence-electron chi connectivity index (χ3n) is 4.93. The van der Waals surface area contributed by atoms with Crippen LogP contribution in [0.2, 0.25) is 0 Å². The molecule has 1 fully saturated rings. The van der Waals surface area contributed by atoms with Crippen molar-refractivity contribution in [1.29, 1.82) is 0 Å².